The maximum Gasteiger partial charge on any atom is 0.161 e. The molecule has 0 atom stereocenters. The van der Waals surface area contributed by atoms with Gasteiger partial charge < -0.3 is 14.8 Å². The van der Waals surface area contributed by atoms with Crippen LogP contribution in [0.25, 0.3) is 0 Å². The molecule has 0 bridgehead atoms. The molecule has 0 aliphatic carbocycles. The molecule has 0 unspecified atom stereocenters. The van der Waals surface area contributed by atoms with Crippen LogP contribution < -0.4 is 14.8 Å². The van der Waals surface area contributed by atoms with Crippen LogP contribution in [0, 0.1) is 0 Å². The molecule has 1 aromatic carbocycles. The molecule has 0 fully saturated rings. The molecule has 0 aliphatic heterocycles. The molecule has 5 nitrogen and oxygen atoms in total. The van der Waals surface area contributed by atoms with E-state index >= 15 is 0 Å². The molecule has 0 saturated carbocycles. The fourth-order valence-corrected chi connectivity index (χ4v) is 2.40. The molecule has 0 radical (unpaired) electrons. The van der Waals surface area contributed by atoms with Crippen LogP contribution in [0.4, 0.5) is 0 Å². The predicted octanol–water partition coefficient (Wildman–Crippen LogP) is 2.49. The van der Waals surface area contributed by atoms with Gasteiger partial charge in [-0.3, -0.25) is 4.68 Å². The van der Waals surface area contributed by atoms with Crippen LogP contribution in [0.3, 0.4) is 0 Å². The summed E-state index contributed by atoms with van der Waals surface area (Å²) < 4.78 is 13.4. The fourth-order valence-electron chi connectivity index (χ4n) is 1.94. The van der Waals surface area contributed by atoms with Gasteiger partial charge in [-0.2, -0.15) is 5.10 Å². The smallest absolute Gasteiger partial charge is 0.161 e. The zero-order valence-corrected chi connectivity index (χ0v) is 13.4. The van der Waals surface area contributed by atoms with E-state index in [-0.39, 0.29) is 0 Å². The normalized spacial score (nSPS) is 10.6. The minimum Gasteiger partial charge on any atom is -0.493 e. The van der Waals surface area contributed by atoms with Crippen LogP contribution in [0.15, 0.2) is 29.0 Å². The molecule has 20 heavy (non-hydrogen) atoms. The van der Waals surface area contributed by atoms with Crippen molar-refractivity contribution in [3.63, 3.8) is 0 Å². The number of halogens is 1. The summed E-state index contributed by atoms with van der Waals surface area (Å²) in [6.45, 7) is 1.50. The lowest BCUT2D eigenvalue weighted by Gasteiger charge is -2.12. The molecule has 6 heteroatoms. The quantitative estimate of drug-likeness (QED) is 0.878. The van der Waals surface area contributed by atoms with Gasteiger partial charge in [0.05, 0.1) is 20.4 Å². The second-order valence-electron chi connectivity index (χ2n) is 4.42. The second-order valence-corrected chi connectivity index (χ2v) is 5.28. The molecule has 1 N–H and O–H groups in total. The number of benzene rings is 1. The summed E-state index contributed by atoms with van der Waals surface area (Å²) in [5, 5.41) is 7.52. The molecule has 2 rings (SSSR count). The Hall–Kier alpha value is -1.53. The third kappa shape index (κ3) is 3.52. The minimum absolute atomic E-state index is 0.718. The Morgan fingerprint density at radius 3 is 2.50 bits per heavy atom. The Balaban J connectivity index is 2.02. The topological polar surface area (TPSA) is 48.3 Å². The average Bonchev–Trinajstić information content (AvgIpc) is 2.85. The number of methoxy groups -OCH3 is 2. The minimum atomic E-state index is 0.718. The molecular formula is C14H18BrN3O2. The third-order valence-corrected chi connectivity index (χ3v) is 3.69. The van der Waals surface area contributed by atoms with Crippen molar-refractivity contribution in [2.24, 2.45) is 7.05 Å². The molecule has 108 valence electrons. The van der Waals surface area contributed by atoms with Crippen LogP contribution >= 0.6 is 15.9 Å². The summed E-state index contributed by atoms with van der Waals surface area (Å²) in [6, 6.07) is 3.89. The lowest BCUT2D eigenvalue weighted by Crippen LogP contribution is -2.13. The number of hydrogen-bond acceptors (Lipinski definition) is 4. The summed E-state index contributed by atoms with van der Waals surface area (Å²) in [5.41, 5.74) is 2.27. The van der Waals surface area contributed by atoms with Crippen molar-refractivity contribution in [3.05, 3.63) is 40.1 Å². The van der Waals surface area contributed by atoms with Gasteiger partial charge in [-0.1, -0.05) is 15.9 Å². The molecule has 1 heterocycles. The molecule has 2 aromatic rings. The van der Waals surface area contributed by atoms with Gasteiger partial charge in [0.2, 0.25) is 0 Å². The summed E-state index contributed by atoms with van der Waals surface area (Å²) in [4.78, 5) is 0. The number of rotatable bonds is 6. The first-order chi connectivity index (χ1) is 9.63. The zero-order chi connectivity index (χ0) is 14.5. The maximum absolute atomic E-state index is 5.31. The molecule has 0 spiro atoms. The molecule has 1 aromatic heterocycles. The van der Waals surface area contributed by atoms with Gasteiger partial charge in [0.1, 0.15) is 0 Å². The molecule has 0 aliphatic rings. The highest BCUT2D eigenvalue weighted by atomic mass is 79.9. The summed E-state index contributed by atoms with van der Waals surface area (Å²) in [7, 11) is 5.18. The van der Waals surface area contributed by atoms with E-state index in [2.05, 4.69) is 26.3 Å². The predicted molar refractivity (Wildman–Crippen MR) is 81.0 cm³/mol. The van der Waals surface area contributed by atoms with E-state index in [1.54, 1.807) is 18.9 Å². The first-order valence-electron chi connectivity index (χ1n) is 6.22. The summed E-state index contributed by atoms with van der Waals surface area (Å²) >= 11 is 3.55. The van der Waals surface area contributed by atoms with Crippen LogP contribution in [0.1, 0.15) is 11.1 Å². The Labute approximate surface area is 127 Å². The molecule has 0 amide bonds. The van der Waals surface area contributed by atoms with E-state index in [9.17, 15) is 0 Å². The third-order valence-electron chi connectivity index (χ3n) is 2.96. The van der Waals surface area contributed by atoms with Crippen molar-refractivity contribution < 1.29 is 9.47 Å². The van der Waals surface area contributed by atoms with Gasteiger partial charge in [-0.25, -0.2) is 0 Å². The largest absolute Gasteiger partial charge is 0.493 e. The Morgan fingerprint density at radius 2 is 1.90 bits per heavy atom. The maximum atomic E-state index is 5.31. The molecular weight excluding hydrogens is 322 g/mol. The summed E-state index contributed by atoms with van der Waals surface area (Å²) in [6.07, 6.45) is 3.85. The first-order valence-corrected chi connectivity index (χ1v) is 7.02. The van der Waals surface area contributed by atoms with Crippen molar-refractivity contribution in [2.75, 3.05) is 14.2 Å². The Morgan fingerprint density at radius 1 is 1.20 bits per heavy atom. The van der Waals surface area contributed by atoms with Gasteiger partial charge in [0.15, 0.2) is 11.5 Å². The summed E-state index contributed by atoms with van der Waals surface area (Å²) in [5.74, 6) is 1.45. The van der Waals surface area contributed by atoms with Crippen molar-refractivity contribution in [1.82, 2.24) is 15.1 Å². The highest BCUT2D eigenvalue weighted by Crippen LogP contribution is 2.33. The Kier molecular flexibility index (Phi) is 5.03. The number of hydrogen-bond donors (Lipinski definition) is 1. The number of aromatic nitrogens is 2. The second kappa shape index (κ2) is 6.76. The monoisotopic (exact) mass is 339 g/mol. The van der Waals surface area contributed by atoms with Gasteiger partial charge >= 0.3 is 0 Å². The van der Waals surface area contributed by atoms with Crippen molar-refractivity contribution in [2.45, 2.75) is 13.1 Å². The van der Waals surface area contributed by atoms with E-state index in [4.69, 9.17) is 9.47 Å². The highest BCUT2D eigenvalue weighted by Gasteiger charge is 2.09. The fraction of sp³-hybridized carbons (Fsp3) is 0.357. The highest BCUT2D eigenvalue weighted by molar-refractivity contribution is 9.10. The van der Waals surface area contributed by atoms with Gasteiger partial charge in [-0.15, -0.1) is 0 Å². The van der Waals surface area contributed by atoms with E-state index in [1.165, 1.54) is 0 Å². The van der Waals surface area contributed by atoms with Crippen LogP contribution in [0.2, 0.25) is 0 Å². The van der Waals surface area contributed by atoms with Crippen LogP contribution in [-0.2, 0) is 20.1 Å². The van der Waals surface area contributed by atoms with E-state index in [0.29, 0.717) is 0 Å². The molecule has 0 saturated heterocycles. The van der Waals surface area contributed by atoms with E-state index in [0.717, 1.165) is 40.2 Å². The standard InChI is InChI=1S/C14H18BrN3O2/c1-18-9-10(7-17-18)6-16-8-11-4-13(19-2)14(20-3)5-12(11)15/h4-5,7,9,16H,6,8H2,1-3H3. The SMILES string of the molecule is COc1cc(Br)c(CNCc2cnn(C)c2)cc1OC. The Bertz CT molecular complexity index is 584. The van der Waals surface area contributed by atoms with E-state index < -0.39 is 0 Å². The zero-order valence-electron chi connectivity index (χ0n) is 11.8. The van der Waals surface area contributed by atoms with Crippen LogP contribution in [0.5, 0.6) is 11.5 Å². The van der Waals surface area contributed by atoms with Crippen molar-refractivity contribution in [3.8, 4) is 11.5 Å². The van der Waals surface area contributed by atoms with Gasteiger partial charge in [0.25, 0.3) is 0 Å². The number of ether oxygens (including phenoxy) is 2. The van der Waals surface area contributed by atoms with E-state index in [1.807, 2.05) is 31.6 Å². The van der Waals surface area contributed by atoms with Crippen molar-refractivity contribution in [1.29, 1.82) is 0 Å². The lowest BCUT2D eigenvalue weighted by atomic mass is 10.2. The van der Waals surface area contributed by atoms with Gasteiger partial charge in [-0.05, 0) is 17.7 Å². The van der Waals surface area contributed by atoms with Crippen LogP contribution in [-0.4, -0.2) is 24.0 Å². The van der Waals surface area contributed by atoms with Gasteiger partial charge in [0, 0.05) is 36.4 Å². The number of nitrogens with one attached hydrogen (secondary N) is 1. The number of aryl methyl sites for hydroxylation is 1. The average molecular weight is 340 g/mol. The lowest BCUT2D eigenvalue weighted by molar-refractivity contribution is 0.354. The number of nitrogens with zero attached hydrogens (tertiary/aromatic N) is 2. The van der Waals surface area contributed by atoms with Crippen molar-refractivity contribution >= 4 is 15.9 Å². The first kappa shape index (κ1) is 14.9.